The summed E-state index contributed by atoms with van der Waals surface area (Å²) in [6.07, 6.45) is 8.50. The zero-order valence-corrected chi connectivity index (χ0v) is 11.0. The molecule has 2 aliphatic heterocycles. The molecule has 2 amide bonds. The van der Waals surface area contributed by atoms with Gasteiger partial charge >= 0.3 is 0 Å². The third kappa shape index (κ3) is 2.64. The number of benzene rings is 1. The van der Waals surface area contributed by atoms with Crippen LogP contribution in [0.5, 0.6) is 0 Å². The summed E-state index contributed by atoms with van der Waals surface area (Å²) >= 11 is 0. The van der Waals surface area contributed by atoms with Crippen molar-refractivity contribution < 1.29 is 9.59 Å². The number of rotatable bonds is 2. The predicted octanol–water partition coefficient (Wildman–Crippen LogP) is 1.92. The third-order valence-corrected chi connectivity index (χ3v) is 3.63. The number of carbonyl (C=O) groups excluding carboxylic acids is 2. The van der Waals surface area contributed by atoms with Crippen LogP contribution in [-0.2, 0) is 9.59 Å². The first-order chi connectivity index (χ1) is 9.72. The van der Waals surface area contributed by atoms with Crippen LogP contribution < -0.4 is 10.6 Å². The van der Waals surface area contributed by atoms with Gasteiger partial charge in [-0.25, -0.2) is 0 Å². The quantitative estimate of drug-likeness (QED) is 0.861. The fraction of sp³-hybridized carbons (Fsp3) is 0.250. The topological polar surface area (TPSA) is 58.2 Å². The van der Waals surface area contributed by atoms with Crippen LogP contribution in [0.2, 0.25) is 0 Å². The van der Waals surface area contributed by atoms with Gasteiger partial charge in [-0.3, -0.25) is 9.59 Å². The van der Waals surface area contributed by atoms with Gasteiger partial charge in [0.05, 0.1) is 12.1 Å². The Labute approximate surface area is 117 Å². The second-order valence-corrected chi connectivity index (χ2v) is 5.07. The molecule has 0 bridgehead atoms. The smallest absolute Gasteiger partial charge is 0.244 e. The number of nitrogens with one attached hydrogen (secondary N) is 2. The minimum absolute atomic E-state index is 0.0160. The standard InChI is InChI=1S/C16H16N2O2/c19-15-8-2-6-13(17-15)11-4-1-5-12(10-11)14-7-3-9-16(20)18-14/h1-5,8-10,13-14H,6-7H2,(H,17,19)(H,18,20)/t13-,14-/m0/s1. The average Bonchev–Trinajstić information content (AvgIpc) is 2.47. The Morgan fingerprint density at radius 1 is 0.850 bits per heavy atom. The van der Waals surface area contributed by atoms with Crippen LogP contribution in [0.25, 0.3) is 0 Å². The highest BCUT2D eigenvalue weighted by molar-refractivity contribution is 5.89. The zero-order valence-electron chi connectivity index (χ0n) is 11.0. The lowest BCUT2D eigenvalue weighted by atomic mass is 9.94. The summed E-state index contributed by atoms with van der Waals surface area (Å²) in [5, 5.41) is 5.89. The molecule has 4 heteroatoms. The molecule has 0 saturated heterocycles. The van der Waals surface area contributed by atoms with Gasteiger partial charge in [-0.05, 0) is 36.1 Å². The summed E-state index contributed by atoms with van der Waals surface area (Å²) in [7, 11) is 0. The fourth-order valence-electron chi connectivity index (χ4n) is 2.61. The molecule has 1 aromatic rings. The van der Waals surface area contributed by atoms with E-state index in [9.17, 15) is 9.59 Å². The zero-order chi connectivity index (χ0) is 13.9. The van der Waals surface area contributed by atoms with Gasteiger partial charge < -0.3 is 10.6 Å². The molecule has 0 aliphatic carbocycles. The van der Waals surface area contributed by atoms with Crippen LogP contribution >= 0.6 is 0 Å². The summed E-state index contributed by atoms with van der Waals surface area (Å²) in [5.41, 5.74) is 2.15. The molecule has 2 N–H and O–H groups in total. The van der Waals surface area contributed by atoms with Crippen LogP contribution in [-0.4, -0.2) is 11.8 Å². The predicted molar refractivity (Wildman–Crippen MR) is 75.7 cm³/mol. The second-order valence-electron chi connectivity index (χ2n) is 5.07. The van der Waals surface area contributed by atoms with Crippen molar-refractivity contribution in [3.8, 4) is 0 Å². The Morgan fingerprint density at radius 3 is 1.80 bits per heavy atom. The number of hydrogen-bond acceptors (Lipinski definition) is 2. The molecule has 0 saturated carbocycles. The maximum atomic E-state index is 11.4. The molecular formula is C16H16N2O2. The maximum absolute atomic E-state index is 11.4. The summed E-state index contributed by atoms with van der Waals surface area (Å²) in [5.74, 6) is -0.110. The van der Waals surface area contributed by atoms with Gasteiger partial charge in [-0.2, -0.15) is 0 Å². The number of hydrogen-bond donors (Lipinski definition) is 2. The van der Waals surface area contributed by atoms with Crippen LogP contribution in [0.3, 0.4) is 0 Å². The Bertz CT molecular complexity index is 555. The minimum atomic E-state index is -0.0550. The molecule has 0 fully saturated rings. The van der Waals surface area contributed by atoms with Crippen molar-refractivity contribution in [2.75, 3.05) is 0 Å². The molecule has 1 aromatic carbocycles. The minimum Gasteiger partial charge on any atom is -0.345 e. The number of carbonyl (C=O) groups is 2. The van der Waals surface area contributed by atoms with E-state index in [0.717, 1.165) is 24.0 Å². The molecule has 0 spiro atoms. The van der Waals surface area contributed by atoms with Crippen molar-refractivity contribution in [3.63, 3.8) is 0 Å². The summed E-state index contributed by atoms with van der Waals surface area (Å²) in [6, 6.07) is 8.08. The van der Waals surface area contributed by atoms with E-state index in [0.29, 0.717) is 0 Å². The van der Waals surface area contributed by atoms with Gasteiger partial charge in [0.2, 0.25) is 11.8 Å². The van der Waals surface area contributed by atoms with Crippen molar-refractivity contribution in [2.24, 2.45) is 0 Å². The van der Waals surface area contributed by atoms with Crippen molar-refractivity contribution in [3.05, 3.63) is 59.7 Å². The van der Waals surface area contributed by atoms with Crippen LogP contribution in [0.1, 0.15) is 36.1 Å². The van der Waals surface area contributed by atoms with E-state index >= 15 is 0 Å². The average molecular weight is 268 g/mol. The molecule has 4 nitrogen and oxygen atoms in total. The normalized spacial score (nSPS) is 25.2. The molecule has 20 heavy (non-hydrogen) atoms. The second kappa shape index (κ2) is 5.33. The van der Waals surface area contributed by atoms with E-state index in [2.05, 4.69) is 16.7 Å². The lowest BCUT2D eigenvalue weighted by molar-refractivity contribution is -0.118. The first-order valence-corrected chi connectivity index (χ1v) is 6.76. The van der Waals surface area contributed by atoms with Gasteiger partial charge in [-0.15, -0.1) is 0 Å². The molecule has 2 aliphatic rings. The van der Waals surface area contributed by atoms with Gasteiger partial charge in [0.25, 0.3) is 0 Å². The SMILES string of the molecule is O=C1C=CC[C@@H](c2cccc([C@@H]3CC=CC(=O)N3)c2)N1. The lowest BCUT2D eigenvalue weighted by Gasteiger charge is -2.23. The van der Waals surface area contributed by atoms with Gasteiger partial charge in [0, 0.05) is 0 Å². The lowest BCUT2D eigenvalue weighted by Crippen LogP contribution is -2.31. The van der Waals surface area contributed by atoms with E-state index in [1.807, 2.05) is 30.4 Å². The van der Waals surface area contributed by atoms with Crippen molar-refractivity contribution in [1.29, 1.82) is 0 Å². The van der Waals surface area contributed by atoms with Crippen LogP contribution in [0.15, 0.2) is 48.6 Å². The molecule has 0 radical (unpaired) electrons. The highest BCUT2D eigenvalue weighted by atomic mass is 16.2. The van der Waals surface area contributed by atoms with E-state index in [-0.39, 0.29) is 23.9 Å². The summed E-state index contributed by atoms with van der Waals surface area (Å²) < 4.78 is 0. The molecule has 3 rings (SSSR count). The van der Waals surface area contributed by atoms with E-state index in [1.54, 1.807) is 12.2 Å². The van der Waals surface area contributed by atoms with Crippen molar-refractivity contribution in [2.45, 2.75) is 24.9 Å². The fourth-order valence-corrected chi connectivity index (χ4v) is 2.61. The summed E-state index contributed by atoms with van der Waals surface area (Å²) in [6.45, 7) is 0. The molecule has 0 aromatic heterocycles. The summed E-state index contributed by atoms with van der Waals surface area (Å²) in [4.78, 5) is 22.8. The Hall–Kier alpha value is -2.36. The van der Waals surface area contributed by atoms with Crippen LogP contribution in [0.4, 0.5) is 0 Å². The highest BCUT2D eigenvalue weighted by Gasteiger charge is 2.19. The third-order valence-electron chi connectivity index (χ3n) is 3.63. The van der Waals surface area contributed by atoms with Crippen LogP contribution in [0, 0.1) is 0 Å². The number of amides is 2. The first-order valence-electron chi connectivity index (χ1n) is 6.76. The molecule has 0 unspecified atom stereocenters. The van der Waals surface area contributed by atoms with E-state index in [4.69, 9.17) is 0 Å². The maximum Gasteiger partial charge on any atom is 0.244 e. The molecule has 102 valence electrons. The molecular weight excluding hydrogens is 252 g/mol. The first kappa shape index (κ1) is 12.7. The Morgan fingerprint density at radius 2 is 1.35 bits per heavy atom. The Balaban J connectivity index is 1.82. The molecule has 2 atom stereocenters. The monoisotopic (exact) mass is 268 g/mol. The van der Waals surface area contributed by atoms with Gasteiger partial charge in [0.1, 0.15) is 0 Å². The van der Waals surface area contributed by atoms with E-state index in [1.165, 1.54) is 0 Å². The largest absolute Gasteiger partial charge is 0.345 e. The van der Waals surface area contributed by atoms with E-state index < -0.39 is 0 Å². The van der Waals surface area contributed by atoms with Gasteiger partial charge in [-0.1, -0.05) is 36.4 Å². The molecule has 2 heterocycles. The van der Waals surface area contributed by atoms with Crippen molar-refractivity contribution >= 4 is 11.8 Å². The van der Waals surface area contributed by atoms with Gasteiger partial charge in [0.15, 0.2) is 0 Å². The van der Waals surface area contributed by atoms with Crippen molar-refractivity contribution in [1.82, 2.24) is 10.6 Å². The highest BCUT2D eigenvalue weighted by Crippen LogP contribution is 2.26. The Kier molecular flexibility index (Phi) is 3.37.